The molecule has 2 aromatic carbocycles. The van der Waals surface area contributed by atoms with Gasteiger partial charge in [0.15, 0.2) is 0 Å². The van der Waals surface area contributed by atoms with Gasteiger partial charge in [0.1, 0.15) is 5.82 Å². The number of pyridine rings is 1. The van der Waals surface area contributed by atoms with Gasteiger partial charge in [-0.05, 0) is 35.7 Å². The Hall–Kier alpha value is -4.07. The normalized spacial score (nSPS) is 11.5. The molecule has 146 valence electrons. The second kappa shape index (κ2) is 8.30. The summed E-state index contributed by atoms with van der Waals surface area (Å²) in [5, 5.41) is 21.2. The maximum atomic E-state index is 13.8. The summed E-state index contributed by atoms with van der Waals surface area (Å²) < 4.78 is 19.3. The first kappa shape index (κ1) is 19.7. The number of carboxylic acid groups (broad SMARTS) is 1. The highest BCUT2D eigenvalue weighted by atomic mass is 19.1. The van der Waals surface area contributed by atoms with E-state index in [0.29, 0.717) is 11.1 Å². The van der Waals surface area contributed by atoms with Crippen LogP contribution in [0.25, 0.3) is 5.57 Å². The number of nitrogens with zero attached hydrogens (tertiary/aromatic N) is 2. The summed E-state index contributed by atoms with van der Waals surface area (Å²) in [6, 6.07) is 14.9. The predicted molar refractivity (Wildman–Crippen MR) is 103 cm³/mol. The molecule has 0 aliphatic rings. The number of halogens is 1. The summed E-state index contributed by atoms with van der Waals surface area (Å²) in [5.74, 6) is -3.13. The Kier molecular flexibility index (Phi) is 5.64. The van der Waals surface area contributed by atoms with Gasteiger partial charge in [0.25, 0.3) is 5.88 Å². The summed E-state index contributed by atoms with van der Waals surface area (Å²) in [6.45, 7) is 1.61. The molecular weight excluding hydrogens is 379 g/mol. The molecule has 1 heterocycles. The van der Waals surface area contributed by atoms with Crippen molar-refractivity contribution in [2.24, 2.45) is 0 Å². The van der Waals surface area contributed by atoms with Gasteiger partial charge in [-0.15, -0.1) is 0 Å². The second-order valence-electron chi connectivity index (χ2n) is 6.08. The standard InChI is InChI=1S/C21H15FN2O5/c1-13-10-17(24(27)28)20(23-12-13)29-19(21(25)26)18(14-6-3-2-4-7-14)15-8-5-9-16(22)11-15/h2-12H,1H3,(H,25,26)/b19-18+. The molecule has 0 atom stereocenters. The molecule has 7 nitrogen and oxygen atoms in total. The average Bonchev–Trinajstić information content (AvgIpc) is 2.69. The van der Waals surface area contributed by atoms with Crippen molar-refractivity contribution in [3.63, 3.8) is 0 Å². The minimum atomic E-state index is -1.48. The smallest absolute Gasteiger partial charge is 0.372 e. The monoisotopic (exact) mass is 394 g/mol. The van der Waals surface area contributed by atoms with Crippen LogP contribution in [-0.4, -0.2) is 21.0 Å². The van der Waals surface area contributed by atoms with Crippen LogP contribution in [0, 0.1) is 22.9 Å². The summed E-state index contributed by atoms with van der Waals surface area (Å²) in [6.07, 6.45) is 1.33. The van der Waals surface area contributed by atoms with E-state index in [1.807, 2.05) is 0 Å². The number of hydrogen-bond acceptors (Lipinski definition) is 5. The van der Waals surface area contributed by atoms with Crippen LogP contribution < -0.4 is 4.74 Å². The van der Waals surface area contributed by atoms with Crippen molar-refractivity contribution >= 4 is 17.2 Å². The van der Waals surface area contributed by atoms with E-state index in [0.717, 1.165) is 6.07 Å². The molecule has 0 spiro atoms. The van der Waals surface area contributed by atoms with E-state index in [1.54, 1.807) is 37.3 Å². The van der Waals surface area contributed by atoms with Crippen molar-refractivity contribution in [2.45, 2.75) is 6.92 Å². The summed E-state index contributed by atoms with van der Waals surface area (Å²) in [4.78, 5) is 26.6. The Labute approximate surface area is 164 Å². The fourth-order valence-electron chi connectivity index (χ4n) is 2.73. The molecule has 1 N–H and O–H groups in total. The summed E-state index contributed by atoms with van der Waals surface area (Å²) in [5.41, 5.74) is 0.775. The first-order valence-electron chi connectivity index (χ1n) is 8.44. The first-order chi connectivity index (χ1) is 13.9. The third-order valence-corrected chi connectivity index (χ3v) is 3.96. The number of aryl methyl sites for hydroxylation is 1. The molecule has 0 aliphatic heterocycles. The van der Waals surface area contributed by atoms with Crippen LogP contribution in [-0.2, 0) is 4.79 Å². The number of benzene rings is 2. The fourth-order valence-corrected chi connectivity index (χ4v) is 2.73. The third kappa shape index (κ3) is 4.44. The number of hydrogen-bond donors (Lipinski definition) is 1. The van der Waals surface area contributed by atoms with E-state index in [9.17, 15) is 24.4 Å². The van der Waals surface area contributed by atoms with Crippen LogP contribution in [0.1, 0.15) is 16.7 Å². The molecule has 0 radical (unpaired) electrons. The number of aliphatic carboxylic acids is 1. The highest BCUT2D eigenvalue weighted by Crippen LogP contribution is 2.32. The highest BCUT2D eigenvalue weighted by Gasteiger charge is 2.26. The number of carboxylic acids is 1. The Morgan fingerprint density at radius 1 is 1.10 bits per heavy atom. The maximum Gasteiger partial charge on any atom is 0.372 e. The zero-order valence-electron chi connectivity index (χ0n) is 15.2. The highest BCUT2D eigenvalue weighted by molar-refractivity contribution is 5.99. The van der Waals surface area contributed by atoms with Crippen molar-refractivity contribution in [2.75, 3.05) is 0 Å². The van der Waals surface area contributed by atoms with Crippen LogP contribution in [0.3, 0.4) is 0 Å². The van der Waals surface area contributed by atoms with E-state index >= 15 is 0 Å². The molecule has 0 fully saturated rings. The largest absolute Gasteiger partial charge is 0.475 e. The molecule has 0 bridgehead atoms. The molecule has 0 aliphatic carbocycles. The number of carbonyl (C=O) groups is 1. The van der Waals surface area contributed by atoms with Gasteiger partial charge in [-0.1, -0.05) is 42.5 Å². The lowest BCUT2D eigenvalue weighted by molar-refractivity contribution is -0.386. The van der Waals surface area contributed by atoms with Gasteiger partial charge in [-0.25, -0.2) is 14.2 Å². The Balaban J connectivity index is 2.26. The van der Waals surface area contributed by atoms with Gasteiger partial charge >= 0.3 is 11.7 Å². The van der Waals surface area contributed by atoms with E-state index in [4.69, 9.17) is 4.74 Å². The topological polar surface area (TPSA) is 103 Å². The van der Waals surface area contributed by atoms with Gasteiger partial charge in [-0.3, -0.25) is 10.1 Å². The van der Waals surface area contributed by atoms with Gasteiger partial charge < -0.3 is 9.84 Å². The van der Waals surface area contributed by atoms with Crippen molar-refractivity contribution in [3.8, 4) is 5.88 Å². The lowest BCUT2D eigenvalue weighted by Crippen LogP contribution is -2.13. The lowest BCUT2D eigenvalue weighted by atomic mass is 9.96. The molecule has 0 saturated carbocycles. The molecular formula is C21H15FN2O5. The predicted octanol–water partition coefficient (Wildman–Crippen LogP) is 4.36. The van der Waals surface area contributed by atoms with E-state index < -0.39 is 34.0 Å². The number of ether oxygens (including phenoxy) is 1. The molecule has 3 rings (SSSR count). The van der Waals surface area contributed by atoms with Crippen LogP contribution >= 0.6 is 0 Å². The maximum absolute atomic E-state index is 13.8. The van der Waals surface area contributed by atoms with Crippen molar-refractivity contribution < 1.29 is 24.0 Å². The molecule has 0 unspecified atom stereocenters. The van der Waals surface area contributed by atoms with Crippen molar-refractivity contribution in [1.82, 2.24) is 4.98 Å². The van der Waals surface area contributed by atoms with Gasteiger partial charge in [0, 0.05) is 17.8 Å². The van der Waals surface area contributed by atoms with Gasteiger partial charge in [-0.2, -0.15) is 0 Å². The molecule has 8 heteroatoms. The minimum Gasteiger partial charge on any atom is -0.475 e. The average molecular weight is 394 g/mol. The fraction of sp³-hybridized carbons (Fsp3) is 0.0476. The molecule has 1 aromatic heterocycles. The van der Waals surface area contributed by atoms with Crippen LogP contribution in [0.2, 0.25) is 0 Å². The SMILES string of the molecule is Cc1cnc(O/C(C(=O)O)=C(\c2ccccc2)c2cccc(F)c2)c([N+](=O)[O-])c1. The van der Waals surface area contributed by atoms with Crippen LogP contribution in [0.15, 0.2) is 72.6 Å². The Bertz CT molecular complexity index is 1110. The van der Waals surface area contributed by atoms with Crippen molar-refractivity contribution in [1.29, 1.82) is 0 Å². The Morgan fingerprint density at radius 3 is 2.41 bits per heavy atom. The zero-order chi connectivity index (χ0) is 21.0. The number of nitro groups is 1. The van der Waals surface area contributed by atoms with E-state index in [1.165, 1.54) is 30.5 Å². The van der Waals surface area contributed by atoms with E-state index in [2.05, 4.69) is 4.98 Å². The van der Waals surface area contributed by atoms with Crippen LogP contribution in [0.5, 0.6) is 5.88 Å². The minimum absolute atomic E-state index is 0.0641. The third-order valence-electron chi connectivity index (χ3n) is 3.96. The van der Waals surface area contributed by atoms with Crippen molar-refractivity contribution in [3.05, 3.63) is 105 Å². The number of aromatic nitrogens is 1. The first-order valence-corrected chi connectivity index (χ1v) is 8.44. The lowest BCUT2D eigenvalue weighted by Gasteiger charge is -2.14. The zero-order valence-corrected chi connectivity index (χ0v) is 15.2. The quantitative estimate of drug-likeness (QED) is 0.288. The van der Waals surface area contributed by atoms with Gasteiger partial charge in [0.05, 0.1) is 4.92 Å². The molecule has 0 amide bonds. The second-order valence-corrected chi connectivity index (χ2v) is 6.08. The summed E-state index contributed by atoms with van der Waals surface area (Å²) in [7, 11) is 0. The van der Waals surface area contributed by atoms with Crippen LogP contribution in [0.4, 0.5) is 10.1 Å². The molecule has 0 saturated heterocycles. The molecule has 3 aromatic rings. The summed E-state index contributed by atoms with van der Waals surface area (Å²) >= 11 is 0. The van der Waals surface area contributed by atoms with Gasteiger partial charge in [0.2, 0.25) is 5.76 Å². The van der Waals surface area contributed by atoms with E-state index in [-0.39, 0.29) is 11.1 Å². The number of rotatable bonds is 6. The molecule has 29 heavy (non-hydrogen) atoms. The Morgan fingerprint density at radius 2 is 1.79 bits per heavy atom.